The number of hydrogen-bond donors (Lipinski definition) is 2. The van der Waals surface area contributed by atoms with E-state index in [1.165, 1.54) is 24.3 Å². The number of rotatable bonds is 6. The third-order valence-electron chi connectivity index (χ3n) is 4.94. The van der Waals surface area contributed by atoms with E-state index in [0.29, 0.717) is 23.1 Å². The molecule has 2 aromatic rings. The SMILES string of the molecule is CC(C)[N+](C(=O)COC1(C(F)(F)F)NNCS1)(c1ccccc1)c1ccc(F)cc1. The number of amides is 1. The Balaban J connectivity index is 2.04. The average molecular weight is 444 g/mol. The van der Waals surface area contributed by atoms with Gasteiger partial charge in [-0.1, -0.05) is 30.0 Å². The molecule has 162 valence electrons. The van der Waals surface area contributed by atoms with Crippen LogP contribution in [0.1, 0.15) is 13.8 Å². The van der Waals surface area contributed by atoms with E-state index in [0.717, 1.165) is 0 Å². The molecule has 1 fully saturated rings. The molecular weight excluding hydrogens is 422 g/mol. The first-order valence-electron chi connectivity index (χ1n) is 9.22. The lowest BCUT2D eigenvalue weighted by Crippen LogP contribution is -2.60. The van der Waals surface area contributed by atoms with Gasteiger partial charge in [0.25, 0.3) is 5.06 Å². The van der Waals surface area contributed by atoms with Gasteiger partial charge in [-0.15, -0.1) is 0 Å². The molecule has 1 amide bonds. The van der Waals surface area contributed by atoms with Crippen molar-refractivity contribution in [2.45, 2.75) is 31.1 Å². The maximum atomic E-state index is 13.6. The lowest BCUT2D eigenvalue weighted by atomic mass is 10.1. The van der Waals surface area contributed by atoms with Gasteiger partial charge in [0.1, 0.15) is 23.2 Å². The lowest BCUT2D eigenvalue weighted by Gasteiger charge is -2.39. The topological polar surface area (TPSA) is 50.4 Å². The summed E-state index contributed by atoms with van der Waals surface area (Å²) in [5, 5.41) is -2.73. The zero-order chi connectivity index (χ0) is 22.0. The highest BCUT2D eigenvalue weighted by Gasteiger charge is 2.60. The van der Waals surface area contributed by atoms with Gasteiger partial charge in [-0.3, -0.25) is 0 Å². The number of carbonyl (C=O) groups excluding carboxylic acids is 1. The Morgan fingerprint density at radius 1 is 1.13 bits per heavy atom. The Labute approximate surface area is 176 Å². The van der Waals surface area contributed by atoms with Crippen LogP contribution in [0.15, 0.2) is 54.6 Å². The Kier molecular flexibility index (Phi) is 6.54. The number of alkyl halides is 3. The van der Waals surface area contributed by atoms with Crippen LogP contribution in [0.3, 0.4) is 0 Å². The summed E-state index contributed by atoms with van der Waals surface area (Å²) in [6.07, 6.45) is -4.75. The van der Waals surface area contributed by atoms with Crippen LogP contribution in [-0.2, 0) is 9.53 Å². The monoisotopic (exact) mass is 444 g/mol. The van der Waals surface area contributed by atoms with E-state index >= 15 is 0 Å². The minimum absolute atomic E-state index is 0.0332. The molecule has 2 unspecified atom stereocenters. The van der Waals surface area contributed by atoms with E-state index in [9.17, 15) is 22.4 Å². The summed E-state index contributed by atoms with van der Waals surface area (Å²) >= 11 is 0.473. The number of hydrazine groups is 1. The predicted octanol–water partition coefficient (Wildman–Crippen LogP) is 4.43. The number of para-hydroxylation sites is 1. The first-order chi connectivity index (χ1) is 14.1. The fourth-order valence-corrected chi connectivity index (χ4v) is 4.36. The van der Waals surface area contributed by atoms with E-state index in [1.54, 1.807) is 44.2 Å². The van der Waals surface area contributed by atoms with Crippen LogP contribution in [0.2, 0.25) is 0 Å². The third-order valence-corrected chi connectivity index (χ3v) is 6.08. The fourth-order valence-electron chi connectivity index (χ4n) is 3.56. The van der Waals surface area contributed by atoms with E-state index in [4.69, 9.17) is 4.74 Å². The van der Waals surface area contributed by atoms with Gasteiger partial charge in [-0.2, -0.15) is 17.7 Å². The van der Waals surface area contributed by atoms with E-state index < -0.39 is 40.1 Å². The summed E-state index contributed by atoms with van der Waals surface area (Å²) in [7, 11) is 0. The quantitative estimate of drug-likeness (QED) is 0.510. The molecule has 1 aliphatic rings. The average Bonchev–Trinajstić information content (AvgIpc) is 3.19. The number of nitrogens with zero attached hydrogens (tertiary/aromatic N) is 1. The van der Waals surface area contributed by atoms with Gasteiger partial charge >= 0.3 is 12.1 Å². The number of thioether (sulfide) groups is 1. The van der Waals surface area contributed by atoms with Crippen LogP contribution in [-0.4, -0.2) is 35.7 Å². The number of halogens is 4. The summed E-state index contributed by atoms with van der Waals surface area (Å²) in [6, 6.07) is 13.6. The number of nitrogens with one attached hydrogen (secondary N) is 2. The molecule has 2 N–H and O–H groups in total. The van der Waals surface area contributed by atoms with Gasteiger partial charge in [0, 0.05) is 24.3 Å². The molecule has 3 rings (SSSR count). The predicted molar refractivity (Wildman–Crippen MR) is 108 cm³/mol. The standard InChI is InChI=1S/C20H22F4N3O2S/c1-14(2)27(16-6-4-3-5-7-16,17-10-8-15(21)9-11-17)18(28)12-29-20(19(22,23)24)26-25-13-30-20/h3-11,14,25-26H,12-13H2,1-2H3/q+1. The first-order valence-corrected chi connectivity index (χ1v) is 10.2. The largest absolute Gasteiger partial charge is 0.443 e. The second kappa shape index (κ2) is 8.64. The van der Waals surface area contributed by atoms with Crippen LogP contribution in [0.25, 0.3) is 0 Å². The van der Waals surface area contributed by atoms with Crippen molar-refractivity contribution in [3.05, 3.63) is 60.4 Å². The molecule has 1 heterocycles. The van der Waals surface area contributed by atoms with E-state index in [-0.39, 0.29) is 5.88 Å². The molecule has 2 atom stereocenters. The highest BCUT2D eigenvalue weighted by molar-refractivity contribution is 8.00. The molecule has 0 spiro atoms. The van der Waals surface area contributed by atoms with Gasteiger partial charge in [-0.25, -0.2) is 20.0 Å². The summed E-state index contributed by atoms with van der Waals surface area (Å²) in [5.41, 5.74) is 5.44. The third kappa shape index (κ3) is 3.97. The van der Waals surface area contributed by atoms with E-state index in [1.807, 2.05) is 0 Å². The zero-order valence-corrected chi connectivity index (χ0v) is 17.2. The maximum Gasteiger partial charge on any atom is 0.443 e. The van der Waals surface area contributed by atoms with Gasteiger partial charge in [0.05, 0.1) is 5.88 Å². The summed E-state index contributed by atoms with van der Waals surface area (Å²) in [4.78, 5) is 13.5. The van der Waals surface area contributed by atoms with Gasteiger partial charge in [-0.05, 0) is 26.0 Å². The number of quaternary nitrogens is 1. The highest BCUT2D eigenvalue weighted by atomic mass is 32.2. The van der Waals surface area contributed by atoms with Crippen molar-refractivity contribution in [2.75, 3.05) is 12.5 Å². The second-order valence-electron chi connectivity index (χ2n) is 7.02. The molecule has 0 saturated carbocycles. The Hall–Kier alpha value is -1.98. The molecular formula is C20H22F4N3O2S+. The molecule has 1 aliphatic heterocycles. The number of hydrogen-bond acceptors (Lipinski definition) is 5. The Morgan fingerprint density at radius 3 is 2.23 bits per heavy atom. The number of ether oxygens (including phenoxy) is 1. The molecule has 2 aromatic carbocycles. The van der Waals surface area contributed by atoms with Crippen LogP contribution >= 0.6 is 11.8 Å². The summed E-state index contributed by atoms with van der Waals surface area (Å²) < 4.78 is 59.1. The highest BCUT2D eigenvalue weighted by Crippen LogP contribution is 2.43. The second-order valence-corrected chi connectivity index (χ2v) is 8.17. The molecule has 1 saturated heterocycles. The van der Waals surface area contributed by atoms with Crippen molar-refractivity contribution in [1.82, 2.24) is 15.3 Å². The first kappa shape index (κ1) is 22.7. The molecule has 0 radical (unpaired) electrons. The Bertz CT molecular complexity index is 872. The zero-order valence-electron chi connectivity index (χ0n) is 16.4. The molecule has 0 aliphatic carbocycles. The molecule has 30 heavy (non-hydrogen) atoms. The summed E-state index contributed by atoms with van der Waals surface area (Å²) in [6.45, 7) is 2.74. The van der Waals surface area contributed by atoms with Crippen LogP contribution in [0, 0.1) is 5.82 Å². The van der Waals surface area contributed by atoms with Crippen molar-refractivity contribution in [2.24, 2.45) is 0 Å². The Morgan fingerprint density at radius 2 is 1.73 bits per heavy atom. The minimum Gasteiger partial charge on any atom is -0.328 e. The summed E-state index contributed by atoms with van der Waals surface area (Å²) in [5.74, 6) is -1.12. The molecule has 5 nitrogen and oxygen atoms in total. The van der Waals surface area contributed by atoms with Crippen molar-refractivity contribution < 1.29 is 27.1 Å². The number of carbonyl (C=O) groups is 1. The van der Waals surface area contributed by atoms with Crippen LogP contribution in [0.5, 0.6) is 0 Å². The maximum absolute atomic E-state index is 13.6. The fraction of sp³-hybridized carbons (Fsp3) is 0.350. The molecule has 0 bridgehead atoms. The van der Waals surface area contributed by atoms with Crippen molar-refractivity contribution in [3.63, 3.8) is 0 Å². The molecule has 0 aromatic heterocycles. The van der Waals surface area contributed by atoms with Gasteiger partial charge < -0.3 is 4.74 Å². The number of benzene rings is 2. The normalized spacial score (nSPS) is 21.6. The van der Waals surface area contributed by atoms with Crippen LogP contribution < -0.4 is 15.3 Å². The lowest BCUT2D eigenvalue weighted by molar-refractivity contribution is -0.247. The van der Waals surface area contributed by atoms with Crippen molar-refractivity contribution in [3.8, 4) is 0 Å². The van der Waals surface area contributed by atoms with Crippen molar-refractivity contribution in [1.29, 1.82) is 0 Å². The minimum atomic E-state index is -4.75. The van der Waals surface area contributed by atoms with Crippen LogP contribution in [0.4, 0.5) is 28.9 Å². The van der Waals surface area contributed by atoms with Gasteiger partial charge in [0.15, 0.2) is 6.61 Å². The van der Waals surface area contributed by atoms with Crippen molar-refractivity contribution >= 4 is 29.0 Å². The molecule has 10 heteroatoms. The van der Waals surface area contributed by atoms with E-state index in [2.05, 4.69) is 10.9 Å². The van der Waals surface area contributed by atoms with Gasteiger partial charge in [0.2, 0.25) is 0 Å². The smallest absolute Gasteiger partial charge is 0.328 e.